The Morgan fingerprint density at radius 3 is 2.38 bits per heavy atom. The van der Waals surface area contributed by atoms with Crippen LogP contribution in [0.1, 0.15) is 32.4 Å². The van der Waals surface area contributed by atoms with Crippen molar-refractivity contribution in [3.05, 3.63) is 29.3 Å². The third-order valence-electron chi connectivity index (χ3n) is 2.05. The van der Waals surface area contributed by atoms with Crippen LogP contribution in [0.4, 0.5) is 8.78 Å². The lowest BCUT2D eigenvalue weighted by molar-refractivity contribution is 0.184. The molecule has 0 aliphatic rings. The molecule has 0 bridgehead atoms. The summed E-state index contributed by atoms with van der Waals surface area (Å²) in [6, 6.07) is 1.84. The Kier molecular flexibility index (Phi) is 4.24. The van der Waals surface area contributed by atoms with Crippen molar-refractivity contribution in [1.29, 1.82) is 0 Å². The Morgan fingerprint density at radius 2 is 1.88 bits per heavy atom. The van der Waals surface area contributed by atoms with E-state index in [0.717, 1.165) is 12.1 Å². The first kappa shape index (κ1) is 12.9. The van der Waals surface area contributed by atoms with Gasteiger partial charge in [0.15, 0.2) is 11.6 Å². The van der Waals surface area contributed by atoms with Gasteiger partial charge in [0, 0.05) is 11.6 Å². The molecule has 0 radical (unpaired) electrons. The number of halogens is 2. The predicted molar refractivity (Wildman–Crippen MR) is 57.3 cm³/mol. The molecule has 0 amide bonds. The van der Waals surface area contributed by atoms with Crippen molar-refractivity contribution in [2.75, 3.05) is 6.61 Å². The number of rotatable bonds is 4. The molecule has 16 heavy (non-hydrogen) atoms. The molecule has 0 fully saturated rings. The molecule has 0 unspecified atom stereocenters. The van der Waals surface area contributed by atoms with Gasteiger partial charge in [-0.15, -0.1) is 0 Å². The third-order valence-corrected chi connectivity index (χ3v) is 2.05. The van der Waals surface area contributed by atoms with Crippen LogP contribution in [0.25, 0.3) is 0 Å². The van der Waals surface area contributed by atoms with Gasteiger partial charge in [-0.05, 0) is 18.9 Å². The number of hydrogen-bond donors (Lipinski definition) is 1. The molecule has 1 atom stereocenters. The summed E-state index contributed by atoms with van der Waals surface area (Å²) in [6.45, 7) is 5.60. The molecule has 4 heteroatoms. The molecule has 1 aromatic carbocycles. The van der Waals surface area contributed by atoms with Crippen LogP contribution in [0.5, 0.6) is 5.75 Å². The second-order valence-electron chi connectivity index (χ2n) is 4.19. The van der Waals surface area contributed by atoms with E-state index >= 15 is 0 Å². The Morgan fingerprint density at radius 1 is 1.25 bits per heavy atom. The minimum absolute atomic E-state index is 0.0647. The highest BCUT2D eigenvalue weighted by Gasteiger charge is 2.16. The Bertz CT molecular complexity index is 362. The summed E-state index contributed by atoms with van der Waals surface area (Å²) in [7, 11) is 0. The molecule has 0 aliphatic heterocycles. The van der Waals surface area contributed by atoms with Gasteiger partial charge in [-0.2, -0.15) is 0 Å². The summed E-state index contributed by atoms with van der Waals surface area (Å²) in [5.41, 5.74) is 0.137. The first-order valence-corrected chi connectivity index (χ1v) is 5.21. The highest BCUT2D eigenvalue weighted by Crippen LogP contribution is 2.29. The van der Waals surface area contributed by atoms with Crippen molar-refractivity contribution in [2.45, 2.75) is 26.9 Å². The van der Waals surface area contributed by atoms with Crippen LogP contribution in [-0.2, 0) is 0 Å². The van der Waals surface area contributed by atoms with E-state index in [1.54, 1.807) is 0 Å². The molecule has 0 aliphatic carbocycles. The van der Waals surface area contributed by atoms with Gasteiger partial charge in [0.2, 0.25) is 0 Å². The standard InChI is InChI=1S/C12H16F2O2/c1-7(2)6-16-12-10(8(3)15)4-9(13)5-11(12)14/h4-5,7-8,15H,6H2,1-3H3/t8-/m1/s1. The molecule has 2 nitrogen and oxygen atoms in total. The fraction of sp³-hybridized carbons (Fsp3) is 0.500. The Balaban J connectivity index is 3.04. The molecule has 0 heterocycles. The summed E-state index contributed by atoms with van der Waals surface area (Å²) < 4.78 is 31.7. The molecule has 1 aromatic rings. The molecule has 90 valence electrons. The van der Waals surface area contributed by atoms with E-state index in [9.17, 15) is 13.9 Å². The highest BCUT2D eigenvalue weighted by molar-refractivity contribution is 5.37. The van der Waals surface area contributed by atoms with Gasteiger partial charge < -0.3 is 9.84 Å². The molecule has 0 aromatic heterocycles. The number of hydrogen-bond acceptors (Lipinski definition) is 2. The van der Waals surface area contributed by atoms with Crippen molar-refractivity contribution < 1.29 is 18.6 Å². The van der Waals surface area contributed by atoms with Crippen LogP contribution in [-0.4, -0.2) is 11.7 Å². The maximum absolute atomic E-state index is 13.4. The predicted octanol–water partition coefficient (Wildman–Crippen LogP) is 3.05. The Labute approximate surface area is 93.9 Å². The van der Waals surface area contributed by atoms with E-state index in [2.05, 4.69) is 0 Å². The summed E-state index contributed by atoms with van der Waals surface area (Å²) in [4.78, 5) is 0. The third kappa shape index (κ3) is 3.17. The molecule has 0 saturated carbocycles. The van der Waals surface area contributed by atoms with Gasteiger partial charge in [-0.3, -0.25) is 0 Å². The minimum atomic E-state index is -0.965. The lowest BCUT2D eigenvalue weighted by Crippen LogP contribution is -2.09. The summed E-state index contributed by atoms with van der Waals surface area (Å²) in [5.74, 6) is -1.33. The maximum atomic E-state index is 13.4. The van der Waals surface area contributed by atoms with Crippen LogP contribution in [0.3, 0.4) is 0 Å². The van der Waals surface area contributed by atoms with Crippen LogP contribution < -0.4 is 4.74 Å². The molecular formula is C12H16F2O2. The van der Waals surface area contributed by atoms with Gasteiger partial charge in [0.1, 0.15) is 5.82 Å². The highest BCUT2D eigenvalue weighted by atomic mass is 19.1. The van der Waals surface area contributed by atoms with Gasteiger partial charge in [0.25, 0.3) is 0 Å². The fourth-order valence-corrected chi connectivity index (χ4v) is 1.29. The van der Waals surface area contributed by atoms with Crippen LogP contribution >= 0.6 is 0 Å². The van der Waals surface area contributed by atoms with E-state index < -0.39 is 17.7 Å². The first-order chi connectivity index (χ1) is 7.41. The normalized spacial score (nSPS) is 12.9. The molecule has 1 N–H and O–H groups in total. The van der Waals surface area contributed by atoms with Gasteiger partial charge in [-0.25, -0.2) is 8.78 Å². The topological polar surface area (TPSA) is 29.5 Å². The number of aliphatic hydroxyl groups is 1. The first-order valence-electron chi connectivity index (χ1n) is 5.21. The molecule has 0 saturated heterocycles. The Hall–Kier alpha value is -1.16. The minimum Gasteiger partial charge on any atom is -0.490 e. The molecule has 0 spiro atoms. The van der Waals surface area contributed by atoms with Crippen LogP contribution in [0, 0.1) is 17.6 Å². The van der Waals surface area contributed by atoms with Gasteiger partial charge in [0.05, 0.1) is 12.7 Å². The number of ether oxygens (including phenoxy) is 1. The summed E-state index contributed by atoms with van der Waals surface area (Å²) in [5, 5.41) is 9.41. The van der Waals surface area contributed by atoms with Crippen molar-refractivity contribution in [1.82, 2.24) is 0 Å². The van der Waals surface area contributed by atoms with Gasteiger partial charge >= 0.3 is 0 Å². The van der Waals surface area contributed by atoms with E-state index in [1.807, 2.05) is 13.8 Å². The van der Waals surface area contributed by atoms with Crippen LogP contribution in [0.15, 0.2) is 12.1 Å². The monoisotopic (exact) mass is 230 g/mol. The van der Waals surface area contributed by atoms with Crippen molar-refractivity contribution >= 4 is 0 Å². The summed E-state index contributed by atoms with van der Waals surface area (Å²) in [6.07, 6.45) is -0.965. The number of benzene rings is 1. The number of aliphatic hydroxyl groups excluding tert-OH is 1. The van der Waals surface area contributed by atoms with E-state index in [-0.39, 0.29) is 17.2 Å². The summed E-state index contributed by atoms with van der Waals surface area (Å²) >= 11 is 0. The average Bonchev–Trinajstić information content (AvgIpc) is 2.14. The maximum Gasteiger partial charge on any atom is 0.168 e. The van der Waals surface area contributed by atoms with E-state index in [0.29, 0.717) is 6.61 Å². The second kappa shape index (κ2) is 5.25. The second-order valence-corrected chi connectivity index (χ2v) is 4.19. The van der Waals surface area contributed by atoms with Crippen molar-refractivity contribution in [3.8, 4) is 5.75 Å². The zero-order valence-electron chi connectivity index (χ0n) is 9.63. The van der Waals surface area contributed by atoms with E-state index in [4.69, 9.17) is 4.74 Å². The van der Waals surface area contributed by atoms with Crippen molar-refractivity contribution in [3.63, 3.8) is 0 Å². The quantitative estimate of drug-likeness (QED) is 0.861. The lowest BCUT2D eigenvalue weighted by atomic mass is 10.1. The zero-order chi connectivity index (χ0) is 12.3. The van der Waals surface area contributed by atoms with Crippen molar-refractivity contribution in [2.24, 2.45) is 5.92 Å². The lowest BCUT2D eigenvalue weighted by Gasteiger charge is -2.15. The van der Waals surface area contributed by atoms with E-state index in [1.165, 1.54) is 6.92 Å². The van der Waals surface area contributed by atoms with Gasteiger partial charge in [-0.1, -0.05) is 13.8 Å². The SMILES string of the molecule is CC(C)COc1c(F)cc(F)cc1[C@@H](C)O. The van der Waals surface area contributed by atoms with Crippen LogP contribution in [0.2, 0.25) is 0 Å². The smallest absolute Gasteiger partial charge is 0.168 e. The zero-order valence-corrected chi connectivity index (χ0v) is 9.63. The molecular weight excluding hydrogens is 214 g/mol. The molecule has 1 rings (SSSR count). The largest absolute Gasteiger partial charge is 0.490 e. The average molecular weight is 230 g/mol. The fourth-order valence-electron chi connectivity index (χ4n) is 1.29.